The van der Waals surface area contributed by atoms with Crippen LogP contribution in [0.5, 0.6) is 0 Å². The second-order valence-electron chi connectivity index (χ2n) is 4.80. The third-order valence-corrected chi connectivity index (χ3v) is 4.64. The molecule has 0 spiro atoms. The second-order valence-corrected chi connectivity index (χ2v) is 6.75. The molecule has 0 atom stereocenters. The van der Waals surface area contributed by atoms with Gasteiger partial charge in [0.15, 0.2) is 5.82 Å². The summed E-state index contributed by atoms with van der Waals surface area (Å²) in [4.78, 5) is 8.89. The van der Waals surface area contributed by atoms with Crippen molar-refractivity contribution in [1.29, 1.82) is 0 Å². The van der Waals surface area contributed by atoms with Gasteiger partial charge in [0, 0.05) is 24.9 Å². The molecule has 0 saturated heterocycles. The molecule has 2 aromatic rings. The Morgan fingerprint density at radius 1 is 1.29 bits per heavy atom. The minimum atomic E-state index is -5.68. The number of nitrogens with zero attached hydrogens (tertiary/aromatic N) is 3. The Morgan fingerprint density at radius 3 is 2.38 bits per heavy atom. The maximum Gasteiger partial charge on any atom is 0.501 e. The number of sulfone groups is 1. The lowest BCUT2D eigenvalue weighted by molar-refractivity contribution is -0.384. The molecule has 24 heavy (non-hydrogen) atoms. The van der Waals surface area contributed by atoms with Crippen molar-refractivity contribution in [2.45, 2.75) is 17.3 Å². The number of hydrogen-bond acceptors (Lipinski definition) is 6. The zero-order chi connectivity index (χ0) is 18.3. The van der Waals surface area contributed by atoms with Gasteiger partial charge in [-0.3, -0.25) is 14.8 Å². The zero-order valence-electron chi connectivity index (χ0n) is 12.3. The van der Waals surface area contributed by atoms with Crippen LogP contribution in [0, 0.1) is 17.0 Å². The standard InChI is InChI=1S/C12H11F3N4O4S/c1-7-5-11(17-18(7)2)16-9-4-3-8(6-10(9)19(20)21)24(22,23)12(13,14)15/h3-6H,1-2H3,(H,16,17). The fraction of sp³-hybridized carbons (Fsp3) is 0.250. The molecule has 0 aliphatic rings. The van der Waals surface area contributed by atoms with E-state index in [-0.39, 0.29) is 11.5 Å². The van der Waals surface area contributed by atoms with Gasteiger partial charge in [0.05, 0.1) is 9.82 Å². The lowest BCUT2D eigenvalue weighted by atomic mass is 10.2. The maximum atomic E-state index is 12.6. The highest BCUT2D eigenvalue weighted by atomic mass is 32.2. The van der Waals surface area contributed by atoms with E-state index in [1.165, 1.54) is 4.68 Å². The van der Waals surface area contributed by atoms with Gasteiger partial charge in [-0.15, -0.1) is 0 Å². The zero-order valence-corrected chi connectivity index (χ0v) is 13.1. The van der Waals surface area contributed by atoms with Gasteiger partial charge in [-0.1, -0.05) is 0 Å². The van der Waals surface area contributed by atoms with E-state index in [9.17, 15) is 31.7 Å². The van der Waals surface area contributed by atoms with Crippen LogP contribution in [-0.2, 0) is 16.9 Å². The Labute approximate surface area is 134 Å². The molecular formula is C12H11F3N4O4S. The number of nitrogens with one attached hydrogen (secondary N) is 1. The summed E-state index contributed by atoms with van der Waals surface area (Å²) >= 11 is 0. The van der Waals surface area contributed by atoms with Gasteiger partial charge in [-0.25, -0.2) is 8.42 Å². The van der Waals surface area contributed by atoms with Crippen LogP contribution in [-0.4, -0.2) is 28.6 Å². The number of aromatic nitrogens is 2. The van der Waals surface area contributed by atoms with Gasteiger partial charge >= 0.3 is 5.51 Å². The molecule has 8 nitrogen and oxygen atoms in total. The Kier molecular flexibility index (Phi) is 4.27. The molecule has 12 heteroatoms. The number of aryl methyl sites for hydroxylation is 2. The smallest absolute Gasteiger partial charge is 0.333 e. The summed E-state index contributed by atoms with van der Waals surface area (Å²) in [6.45, 7) is 1.73. The summed E-state index contributed by atoms with van der Waals surface area (Å²) < 4.78 is 61.9. The summed E-state index contributed by atoms with van der Waals surface area (Å²) in [5, 5.41) is 17.7. The Hall–Kier alpha value is -2.63. The number of benzene rings is 1. The predicted molar refractivity (Wildman–Crippen MR) is 77.6 cm³/mol. The molecule has 0 unspecified atom stereocenters. The maximum absolute atomic E-state index is 12.6. The monoisotopic (exact) mass is 364 g/mol. The summed E-state index contributed by atoms with van der Waals surface area (Å²) in [7, 11) is -4.04. The molecule has 2 rings (SSSR count). The number of alkyl halides is 3. The highest BCUT2D eigenvalue weighted by Gasteiger charge is 2.47. The number of anilines is 2. The average molecular weight is 364 g/mol. The van der Waals surface area contributed by atoms with E-state index in [2.05, 4.69) is 10.4 Å². The van der Waals surface area contributed by atoms with Crippen molar-refractivity contribution in [2.24, 2.45) is 7.05 Å². The van der Waals surface area contributed by atoms with E-state index in [0.717, 1.165) is 11.8 Å². The van der Waals surface area contributed by atoms with Crippen LogP contribution >= 0.6 is 0 Å². The largest absolute Gasteiger partial charge is 0.501 e. The van der Waals surface area contributed by atoms with Crippen LogP contribution in [0.4, 0.5) is 30.4 Å². The normalized spacial score (nSPS) is 12.2. The second kappa shape index (κ2) is 5.78. The Morgan fingerprint density at radius 2 is 1.92 bits per heavy atom. The topological polar surface area (TPSA) is 107 Å². The molecule has 1 aromatic carbocycles. The van der Waals surface area contributed by atoms with Crippen LogP contribution in [0.2, 0.25) is 0 Å². The first-order chi connectivity index (χ1) is 10.9. The van der Waals surface area contributed by atoms with Gasteiger partial charge in [0.1, 0.15) is 5.69 Å². The van der Waals surface area contributed by atoms with E-state index in [4.69, 9.17) is 0 Å². The molecule has 0 saturated carbocycles. The van der Waals surface area contributed by atoms with E-state index >= 15 is 0 Å². The highest BCUT2D eigenvalue weighted by molar-refractivity contribution is 7.92. The molecule has 0 aliphatic heterocycles. The molecule has 1 N–H and O–H groups in total. The first kappa shape index (κ1) is 17.7. The van der Waals surface area contributed by atoms with Crippen molar-refractivity contribution in [3.63, 3.8) is 0 Å². The van der Waals surface area contributed by atoms with Crippen LogP contribution in [0.1, 0.15) is 5.69 Å². The number of rotatable bonds is 4. The highest BCUT2D eigenvalue weighted by Crippen LogP contribution is 2.35. The van der Waals surface area contributed by atoms with Gasteiger partial charge in [0.25, 0.3) is 15.5 Å². The minimum Gasteiger partial charge on any atom is -0.333 e. The lowest BCUT2D eigenvalue weighted by Gasteiger charge is -2.10. The summed E-state index contributed by atoms with van der Waals surface area (Å²) in [6, 6.07) is 3.46. The van der Waals surface area contributed by atoms with Gasteiger partial charge in [-0.2, -0.15) is 18.3 Å². The Balaban J connectivity index is 2.50. The number of halogens is 3. The summed E-state index contributed by atoms with van der Waals surface area (Å²) in [5.74, 6) is 0.226. The first-order valence-electron chi connectivity index (χ1n) is 6.31. The van der Waals surface area contributed by atoms with E-state index < -0.39 is 30.9 Å². The predicted octanol–water partition coefficient (Wildman–Crippen LogP) is 2.67. The van der Waals surface area contributed by atoms with Gasteiger partial charge in [0.2, 0.25) is 0 Å². The summed E-state index contributed by atoms with van der Waals surface area (Å²) in [5.41, 5.74) is -5.81. The van der Waals surface area contributed by atoms with Crippen LogP contribution in [0.3, 0.4) is 0 Å². The first-order valence-corrected chi connectivity index (χ1v) is 7.79. The van der Waals surface area contributed by atoms with Crippen molar-refractivity contribution >= 4 is 27.0 Å². The van der Waals surface area contributed by atoms with Crippen LogP contribution in [0.25, 0.3) is 0 Å². The molecule has 1 aromatic heterocycles. The molecule has 0 radical (unpaired) electrons. The number of hydrogen-bond donors (Lipinski definition) is 1. The van der Waals surface area contributed by atoms with Crippen LogP contribution in [0.15, 0.2) is 29.2 Å². The quantitative estimate of drug-likeness (QED) is 0.660. The fourth-order valence-corrected chi connectivity index (χ4v) is 2.61. The van der Waals surface area contributed by atoms with E-state index in [1.54, 1.807) is 20.0 Å². The van der Waals surface area contributed by atoms with E-state index in [1.807, 2.05) is 0 Å². The number of nitro benzene ring substituents is 1. The van der Waals surface area contributed by atoms with Crippen molar-refractivity contribution in [3.8, 4) is 0 Å². The molecule has 0 aliphatic carbocycles. The SMILES string of the molecule is Cc1cc(Nc2ccc(S(=O)(=O)C(F)(F)F)cc2[N+](=O)[O-])nn1C. The van der Waals surface area contributed by atoms with E-state index in [0.29, 0.717) is 12.1 Å². The van der Waals surface area contributed by atoms with Crippen molar-refractivity contribution in [3.05, 3.63) is 40.1 Å². The molecule has 1 heterocycles. The van der Waals surface area contributed by atoms with Crippen molar-refractivity contribution in [2.75, 3.05) is 5.32 Å². The summed E-state index contributed by atoms with van der Waals surface area (Å²) in [6.07, 6.45) is 0. The lowest BCUT2D eigenvalue weighted by Crippen LogP contribution is -2.23. The molecule has 0 fully saturated rings. The third-order valence-electron chi connectivity index (χ3n) is 3.16. The van der Waals surface area contributed by atoms with Gasteiger partial charge in [-0.05, 0) is 19.1 Å². The van der Waals surface area contributed by atoms with Crippen molar-refractivity contribution < 1.29 is 26.5 Å². The van der Waals surface area contributed by atoms with Crippen molar-refractivity contribution in [1.82, 2.24) is 9.78 Å². The molecular weight excluding hydrogens is 353 g/mol. The molecule has 0 amide bonds. The Bertz CT molecular complexity index is 886. The van der Waals surface area contributed by atoms with Gasteiger partial charge < -0.3 is 5.32 Å². The molecule has 0 bridgehead atoms. The number of nitro groups is 1. The average Bonchev–Trinajstić information content (AvgIpc) is 2.76. The van der Waals surface area contributed by atoms with Crippen LogP contribution < -0.4 is 5.32 Å². The molecule has 130 valence electrons. The minimum absolute atomic E-state index is 0.181. The third kappa shape index (κ3) is 3.18. The fourth-order valence-electron chi connectivity index (χ4n) is 1.83.